The van der Waals surface area contributed by atoms with Crippen LogP contribution in [0.25, 0.3) is 0 Å². The summed E-state index contributed by atoms with van der Waals surface area (Å²) in [5.74, 6) is -0.273. The molecule has 0 aromatic rings. The molecule has 1 atom stereocenters. The topological polar surface area (TPSA) is 20.3 Å². The van der Waals surface area contributed by atoms with Gasteiger partial charge in [0.05, 0.1) is 6.04 Å². The predicted octanol–water partition coefficient (Wildman–Crippen LogP) is 0.874. The Balaban J connectivity index is 2.54. The van der Waals surface area contributed by atoms with Crippen LogP contribution in [-0.4, -0.2) is 30.3 Å². The molecular formula is C6H9F2NO. The van der Waals surface area contributed by atoms with Crippen LogP contribution in [0.5, 0.6) is 0 Å². The highest BCUT2D eigenvalue weighted by Crippen LogP contribution is 2.18. The standard InChI is InChI=1S/C6H9F2NO/c7-3-5-1-2-6(10)9(5)4-8/h5H,1-4H2. The Morgan fingerprint density at radius 1 is 1.60 bits per heavy atom. The lowest BCUT2D eigenvalue weighted by Crippen LogP contribution is -2.33. The second-order valence-electron chi connectivity index (χ2n) is 2.33. The lowest BCUT2D eigenvalue weighted by atomic mass is 10.2. The number of amides is 1. The molecule has 0 spiro atoms. The summed E-state index contributed by atoms with van der Waals surface area (Å²) in [6, 6.07) is -0.502. The van der Waals surface area contributed by atoms with E-state index in [-0.39, 0.29) is 5.91 Å². The maximum Gasteiger partial charge on any atom is 0.225 e. The molecule has 1 amide bonds. The van der Waals surface area contributed by atoms with Crippen molar-refractivity contribution in [2.24, 2.45) is 0 Å². The molecule has 1 heterocycles. The minimum atomic E-state index is -0.854. The van der Waals surface area contributed by atoms with Crippen LogP contribution in [0, 0.1) is 0 Å². The zero-order valence-electron chi connectivity index (χ0n) is 5.52. The number of rotatable bonds is 2. The third-order valence-corrected chi connectivity index (χ3v) is 1.76. The van der Waals surface area contributed by atoms with Crippen molar-refractivity contribution in [2.75, 3.05) is 13.5 Å². The van der Waals surface area contributed by atoms with Gasteiger partial charge in [-0.05, 0) is 6.42 Å². The number of carbonyl (C=O) groups is 1. The van der Waals surface area contributed by atoms with Gasteiger partial charge in [0.2, 0.25) is 5.91 Å². The minimum absolute atomic E-state index is 0.273. The van der Waals surface area contributed by atoms with Crippen molar-refractivity contribution in [3.05, 3.63) is 0 Å². The highest BCUT2D eigenvalue weighted by atomic mass is 19.1. The van der Waals surface area contributed by atoms with Gasteiger partial charge >= 0.3 is 0 Å². The van der Waals surface area contributed by atoms with Crippen molar-refractivity contribution in [1.82, 2.24) is 4.90 Å². The van der Waals surface area contributed by atoms with Crippen LogP contribution in [0.2, 0.25) is 0 Å². The van der Waals surface area contributed by atoms with E-state index in [1.54, 1.807) is 0 Å². The first-order valence-corrected chi connectivity index (χ1v) is 3.21. The molecule has 0 radical (unpaired) electrons. The fraction of sp³-hybridized carbons (Fsp3) is 0.833. The van der Waals surface area contributed by atoms with Crippen LogP contribution < -0.4 is 0 Å². The molecular weight excluding hydrogens is 140 g/mol. The van der Waals surface area contributed by atoms with Gasteiger partial charge in [-0.1, -0.05) is 0 Å². The van der Waals surface area contributed by atoms with Gasteiger partial charge in [0.25, 0.3) is 0 Å². The summed E-state index contributed by atoms with van der Waals surface area (Å²) in [4.78, 5) is 11.6. The lowest BCUT2D eigenvalue weighted by Gasteiger charge is -2.17. The second kappa shape index (κ2) is 2.94. The molecule has 1 aliphatic rings. The normalized spacial score (nSPS) is 26.0. The smallest absolute Gasteiger partial charge is 0.225 e. The Morgan fingerprint density at radius 3 is 2.70 bits per heavy atom. The number of halogens is 2. The Labute approximate surface area is 57.8 Å². The van der Waals surface area contributed by atoms with Crippen LogP contribution in [-0.2, 0) is 4.79 Å². The van der Waals surface area contributed by atoms with Gasteiger partial charge < -0.3 is 4.90 Å². The van der Waals surface area contributed by atoms with Gasteiger partial charge in [0.1, 0.15) is 6.67 Å². The third kappa shape index (κ3) is 1.10. The van der Waals surface area contributed by atoms with E-state index >= 15 is 0 Å². The number of hydrogen-bond donors (Lipinski definition) is 0. The summed E-state index contributed by atoms with van der Waals surface area (Å²) in [5, 5.41) is 0. The Bertz CT molecular complexity index is 140. The van der Waals surface area contributed by atoms with Crippen LogP contribution in [0.3, 0.4) is 0 Å². The fourth-order valence-corrected chi connectivity index (χ4v) is 1.12. The average molecular weight is 149 g/mol. The zero-order valence-corrected chi connectivity index (χ0v) is 5.52. The Morgan fingerprint density at radius 2 is 2.30 bits per heavy atom. The number of likely N-dealkylation sites (tertiary alicyclic amines) is 1. The molecule has 0 bridgehead atoms. The maximum atomic E-state index is 11.9. The molecule has 1 rings (SSSR count). The summed E-state index contributed by atoms with van der Waals surface area (Å²) in [6.45, 7) is -1.48. The molecule has 4 heteroatoms. The van der Waals surface area contributed by atoms with Crippen LogP contribution in [0.15, 0.2) is 0 Å². The van der Waals surface area contributed by atoms with Gasteiger partial charge in [-0.2, -0.15) is 0 Å². The predicted molar refractivity (Wildman–Crippen MR) is 31.8 cm³/mol. The van der Waals surface area contributed by atoms with Gasteiger partial charge in [0, 0.05) is 6.42 Å². The first-order chi connectivity index (χ1) is 4.79. The average Bonchev–Trinajstić information content (AvgIpc) is 2.30. The summed E-state index contributed by atoms with van der Waals surface area (Å²) in [6.07, 6.45) is 0.748. The van der Waals surface area contributed by atoms with Gasteiger partial charge in [-0.25, -0.2) is 8.78 Å². The summed E-state index contributed by atoms with van der Waals surface area (Å²) in [7, 11) is 0. The second-order valence-corrected chi connectivity index (χ2v) is 2.33. The summed E-state index contributed by atoms with van der Waals surface area (Å²) < 4.78 is 23.9. The maximum absolute atomic E-state index is 11.9. The van der Waals surface area contributed by atoms with Gasteiger partial charge in [-0.15, -0.1) is 0 Å². The number of alkyl halides is 2. The van der Waals surface area contributed by atoms with Crippen molar-refractivity contribution in [1.29, 1.82) is 0 Å². The SMILES string of the molecule is O=C1CCC(CF)N1CF. The minimum Gasteiger partial charge on any atom is -0.309 e. The molecule has 0 saturated carbocycles. The fourth-order valence-electron chi connectivity index (χ4n) is 1.12. The molecule has 1 unspecified atom stereocenters. The summed E-state index contributed by atoms with van der Waals surface area (Å²) in [5.41, 5.74) is 0. The monoisotopic (exact) mass is 149 g/mol. The van der Waals surface area contributed by atoms with E-state index in [9.17, 15) is 13.6 Å². The highest BCUT2D eigenvalue weighted by molar-refractivity contribution is 5.78. The van der Waals surface area contributed by atoms with E-state index in [0.29, 0.717) is 12.8 Å². The molecule has 2 nitrogen and oxygen atoms in total. The molecule has 0 aliphatic carbocycles. The van der Waals surface area contributed by atoms with E-state index in [0.717, 1.165) is 4.90 Å². The number of carbonyl (C=O) groups excluding carboxylic acids is 1. The largest absolute Gasteiger partial charge is 0.309 e. The van der Waals surface area contributed by atoms with Crippen molar-refractivity contribution in [2.45, 2.75) is 18.9 Å². The Hall–Kier alpha value is -0.670. The van der Waals surface area contributed by atoms with Crippen molar-refractivity contribution in [3.63, 3.8) is 0 Å². The molecule has 0 aromatic carbocycles. The van der Waals surface area contributed by atoms with E-state index in [2.05, 4.69) is 0 Å². The molecule has 1 fully saturated rings. The molecule has 10 heavy (non-hydrogen) atoms. The molecule has 1 saturated heterocycles. The molecule has 0 aromatic heterocycles. The van der Waals surface area contributed by atoms with E-state index in [4.69, 9.17) is 0 Å². The first kappa shape index (κ1) is 7.44. The van der Waals surface area contributed by atoms with Crippen molar-refractivity contribution >= 4 is 5.91 Å². The van der Waals surface area contributed by atoms with E-state index < -0.39 is 19.5 Å². The van der Waals surface area contributed by atoms with Crippen molar-refractivity contribution in [3.8, 4) is 0 Å². The molecule has 0 N–H and O–H groups in total. The van der Waals surface area contributed by atoms with Crippen LogP contribution in [0.4, 0.5) is 8.78 Å². The van der Waals surface area contributed by atoms with Gasteiger partial charge in [0.15, 0.2) is 6.80 Å². The highest BCUT2D eigenvalue weighted by Gasteiger charge is 2.30. The van der Waals surface area contributed by atoms with E-state index in [1.165, 1.54) is 0 Å². The van der Waals surface area contributed by atoms with Crippen molar-refractivity contribution < 1.29 is 13.6 Å². The van der Waals surface area contributed by atoms with E-state index in [1.807, 2.05) is 0 Å². The van der Waals surface area contributed by atoms with Crippen LogP contribution in [0.1, 0.15) is 12.8 Å². The number of hydrogen-bond acceptors (Lipinski definition) is 1. The number of nitrogens with zero attached hydrogens (tertiary/aromatic N) is 1. The lowest BCUT2D eigenvalue weighted by molar-refractivity contribution is -0.130. The summed E-state index contributed by atoms with van der Waals surface area (Å²) >= 11 is 0. The molecule has 1 aliphatic heterocycles. The third-order valence-electron chi connectivity index (χ3n) is 1.76. The van der Waals surface area contributed by atoms with Crippen LogP contribution >= 0.6 is 0 Å². The quantitative estimate of drug-likeness (QED) is 0.533. The molecule has 58 valence electrons. The zero-order chi connectivity index (χ0) is 7.56. The van der Waals surface area contributed by atoms with Gasteiger partial charge in [-0.3, -0.25) is 4.79 Å². The first-order valence-electron chi connectivity index (χ1n) is 3.21. The Kier molecular flexibility index (Phi) is 2.19.